The summed E-state index contributed by atoms with van der Waals surface area (Å²) in [4.78, 5) is 14.7. The lowest BCUT2D eigenvalue weighted by molar-refractivity contribution is 0.652. The van der Waals surface area contributed by atoms with Gasteiger partial charge in [0.1, 0.15) is 0 Å². The lowest BCUT2D eigenvalue weighted by Crippen LogP contribution is -2.23. The minimum atomic E-state index is -0.0241. The predicted octanol–water partition coefficient (Wildman–Crippen LogP) is 0.966. The van der Waals surface area contributed by atoms with Crippen LogP contribution in [0.25, 0.3) is 10.9 Å². The fraction of sp³-hybridized carbons (Fsp3) is 0.308. The molecule has 0 fully saturated rings. The molecule has 0 spiro atoms. The Hall–Kier alpha value is -1.65. The molecule has 0 saturated carbocycles. The molecule has 1 aromatic carbocycles. The van der Waals surface area contributed by atoms with E-state index < -0.39 is 0 Å². The van der Waals surface area contributed by atoms with Gasteiger partial charge in [-0.3, -0.25) is 4.79 Å². The lowest BCUT2D eigenvalue weighted by atomic mass is 10.1. The van der Waals surface area contributed by atoms with Gasteiger partial charge in [0.25, 0.3) is 5.56 Å². The molecule has 0 bridgehead atoms. The first kappa shape index (κ1) is 11.8. The molecule has 0 atom stereocenters. The Morgan fingerprint density at radius 2 is 2.12 bits per heavy atom. The average molecular weight is 231 g/mol. The van der Waals surface area contributed by atoms with Crippen molar-refractivity contribution in [3.05, 3.63) is 46.2 Å². The third kappa shape index (κ3) is 2.93. The van der Waals surface area contributed by atoms with Gasteiger partial charge in [-0.05, 0) is 37.0 Å². The van der Waals surface area contributed by atoms with Crippen LogP contribution in [0.5, 0.6) is 0 Å². The van der Waals surface area contributed by atoms with Gasteiger partial charge in [-0.25, -0.2) is 0 Å². The van der Waals surface area contributed by atoms with Crippen LogP contribution in [0.4, 0.5) is 0 Å². The van der Waals surface area contributed by atoms with Crippen LogP contribution in [0.3, 0.4) is 0 Å². The second kappa shape index (κ2) is 5.61. The Kier molecular flexibility index (Phi) is 3.90. The van der Waals surface area contributed by atoms with E-state index in [0.29, 0.717) is 13.1 Å². The zero-order valence-electron chi connectivity index (χ0n) is 9.70. The molecule has 0 radical (unpaired) electrons. The maximum Gasteiger partial charge on any atom is 0.252 e. The van der Waals surface area contributed by atoms with Crippen molar-refractivity contribution in [2.45, 2.75) is 13.0 Å². The summed E-state index contributed by atoms with van der Waals surface area (Å²) in [5.41, 5.74) is 7.02. The Morgan fingerprint density at radius 1 is 1.29 bits per heavy atom. The summed E-state index contributed by atoms with van der Waals surface area (Å²) < 4.78 is 0. The van der Waals surface area contributed by atoms with Gasteiger partial charge in [-0.1, -0.05) is 18.2 Å². The van der Waals surface area contributed by atoms with E-state index in [9.17, 15) is 4.79 Å². The van der Waals surface area contributed by atoms with Crippen molar-refractivity contribution in [2.24, 2.45) is 5.73 Å². The minimum absolute atomic E-state index is 0.0241. The summed E-state index contributed by atoms with van der Waals surface area (Å²) in [6.45, 7) is 2.09. The van der Waals surface area contributed by atoms with E-state index in [2.05, 4.69) is 10.3 Å². The minimum Gasteiger partial charge on any atom is -0.330 e. The predicted molar refractivity (Wildman–Crippen MR) is 69.9 cm³/mol. The van der Waals surface area contributed by atoms with Crippen LogP contribution in [0.2, 0.25) is 0 Å². The molecule has 0 unspecified atom stereocenters. The van der Waals surface area contributed by atoms with Gasteiger partial charge in [0.05, 0.1) is 0 Å². The second-order valence-corrected chi connectivity index (χ2v) is 4.03. The third-order valence-electron chi connectivity index (χ3n) is 2.70. The van der Waals surface area contributed by atoms with Crippen LogP contribution in [-0.4, -0.2) is 18.1 Å². The fourth-order valence-electron chi connectivity index (χ4n) is 1.77. The quantitative estimate of drug-likeness (QED) is 0.671. The van der Waals surface area contributed by atoms with E-state index in [1.165, 1.54) is 0 Å². The number of rotatable bonds is 5. The number of aromatic nitrogens is 1. The van der Waals surface area contributed by atoms with Crippen molar-refractivity contribution in [1.82, 2.24) is 10.3 Å². The first-order valence-corrected chi connectivity index (χ1v) is 5.83. The molecule has 2 rings (SSSR count). The summed E-state index contributed by atoms with van der Waals surface area (Å²) in [6.07, 6.45) is 0.922. The van der Waals surface area contributed by atoms with Crippen molar-refractivity contribution in [2.75, 3.05) is 13.1 Å². The van der Waals surface area contributed by atoms with Gasteiger partial charge in [-0.15, -0.1) is 0 Å². The number of hydrogen-bond donors (Lipinski definition) is 3. The van der Waals surface area contributed by atoms with Crippen LogP contribution < -0.4 is 16.6 Å². The molecule has 0 saturated heterocycles. The largest absolute Gasteiger partial charge is 0.330 e. The van der Waals surface area contributed by atoms with E-state index in [1.807, 2.05) is 30.3 Å². The molecular formula is C13H17N3O. The summed E-state index contributed by atoms with van der Waals surface area (Å²) >= 11 is 0. The monoisotopic (exact) mass is 231 g/mol. The smallest absolute Gasteiger partial charge is 0.252 e. The number of benzene rings is 1. The molecule has 0 aliphatic carbocycles. The number of nitrogens with two attached hydrogens (primary N) is 1. The van der Waals surface area contributed by atoms with Gasteiger partial charge >= 0.3 is 0 Å². The first-order chi connectivity index (χ1) is 8.31. The number of para-hydroxylation sites is 1. The third-order valence-corrected chi connectivity index (χ3v) is 2.70. The molecule has 0 aliphatic rings. The number of H-pyrrole nitrogens is 1. The zero-order valence-corrected chi connectivity index (χ0v) is 9.70. The van der Waals surface area contributed by atoms with Crippen LogP contribution in [0.1, 0.15) is 12.0 Å². The van der Waals surface area contributed by atoms with Crippen LogP contribution in [0, 0.1) is 0 Å². The van der Waals surface area contributed by atoms with E-state index in [4.69, 9.17) is 5.73 Å². The van der Waals surface area contributed by atoms with E-state index in [1.54, 1.807) is 0 Å². The average Bonchev–Trinajstić information content (AvgIpc) is 2.35. The number of hydrogen-bond acceptors (Lipinski definition) is 3. The molecule has 0 amide bonds. The van der Waals surface area contributed by atoms with Crippen molar-refractivity contribution in [3.63, 3.8) is 0 Å². The molecule has 4 nitrogen and oxygen atoms in total. The standard InChI is InChI=1S/C13H17N3O/c14-6-3-7-15-9-11-8-10-4-1-2-5-12(10)16-13(11)17/h1-2,4-5,8,15H,3,6-7,9,14H2,(H,16,17). The highest BCUT2D eigenvalue weighted by molar-refractivity contribution is 5.78. The fourth-order valence-corrected chi connectivity index (χ4v) is 1.77. The number of aromatic amines is 1. The highest BCUT2D eigenvalue weighted by atomic mass is 16.1. The Labute approximate surface area is 99.8 Å². The molecule has 17 heavy (non-hydrogen) atoms. The summed E-state index contributed by atoms with van der Waals surface area (Å²) in [5, 5.41) is 4.27. The topological polar surface area (TPSA) is 70.9 Å². The normalized spacial score (nSPS) is 10.9. The number of fused-ring (bicyclic) bond motifs is 1. The Morgan fingerprint density at radius 3 is 2.94 bits per heavy atom. The van der Waals surface area contributed by atoms with Crippen molar-refractivity contribution in [1.29, 1.82) is 0 Å². The molecular weight excluding hydrogens is 214 g/mol. The van der Waals surface area contributed by atoms with Crippen LogP contribution >= 0.6 is 0 Å². The second-order valence-electron chi connectivity index (χ2n) is 4.03. The van der Waals surface area contributed by atoms with Crippen molar-refractivity contribution in [3.8, 4) is 0 Å². The first-order valence-electron chi connectivity index (χ1n) is 5.83. The molecule has 0 aliphatic heterocycles. The van der Waals surface area contributed by atoms with Crippen LogP contribution in [0.15, 0.2) is 35.1 Å². The number of pyridine rings is 1. The molecule has 2 aromatic rings. The number of nitrogens with one attached hydrogen (secondary N) is 2. The van der Waals surface area contributed by atoms with E-state index >= 15 is 0 Å². The molecule has 1 heterocycles. The van der Waals surface area contributed by atoms with Crippen molar-refractivity contribution < 1.29 is 0 Å². The lowest BCUT2D eigenvalue weighted by Gasteiger charge is -2.04. The highest BCUT2D eigenvalue weighted by Crippen LogP contribution is 2.09. The molecule has 90 valence electrons. The summed E-state index contributed by atoms with van der Waals surface area (Å²) in [6, 6.07) is 9.71. The zero-order chi connectivity index (χ0) is 12.1. The van der Waals surface area contributed by atoms with Gasteiger partial charge in [0, 0.05) is 17.6 Å². The molecule has 1 aromatic heterocycles. The molecule has 4 heteroatoms. The SMILES string of the molecule is NCCCNCc1cc2ccccc2[nH]c1=O. The summed E-state index contributed by atoms with van der Waals surface area (Å²) in [5.74, 6) is 0. The highest BCUT2D eigenvalue weighted by Gasteiger charge is 2.01. The maximum absolute atomic E-state index is 11.8. The van der Waals surface area contributed by atoms with Gasteiger partial charge in [0.15, 0.2) is 0 Å². The van der Waals surface area contributed by atoms with Gasteiger partial charge in [0.2, 0.25) is 0 Å². The summed E-state index contributed by atoms with van der Waals surface area (Å²) in [7, 11) is 0. The van der Waals surface area contributed by atoms with E-state index in [-0.39, 0.29) is 5.56 Å². The Balaban J connectivity index is 2.17. The van der Waals surface area contributed by atoms with Crippen molar-refractivity contribution >= 4 is 10.9 Å². The van der Waals surface area contributed by atoms with E-state index in [0.717, 1.165) is 29.4 Å². The van der Waals surface area contributed by atoms with Gasteiger partial charge in [-0.2, -0.15) is 0 Å². The van der Waals surface area contributed by atoms with Gasteiger partial charge < -0.3 is 16.0 Å². The Bertz CT molecular complexity index is 548. The molecule has 4 N–H and O–H groups in total. The van der Waals surface area contributed by atoms with Crippen LogP contribution in [-0.2, 0) is 6.54 Å². The maximum atomic E-state index is 11.8.